The van der Waals surface area contributed by atoms with Crippen molar-refractivity contribution in [2.24, 2.45) is 5.16 Å². The lowest BCUT2D eigenvalue weighted by atomic mass is 9.94. The van der Waals surface area contributed by atoms with E-state index < -0.39 is 16.2 Å². The van der Waals surface area contributed by atoms with Crippen LogP contribution in [0.15, 0.2) is 35.5 Å². The molecule has 6 nitrogen and oxygen atoms in total. The van der Waals surface area contributed by atoms with Crippen molar-refractivity contribution >= 4 is 11.5 Å². The maximum absolute atomic E-state index is 12.0. The summed E-state index contributed by atoms with van der Waals surface area (Å²) in [6, 6.07) is 8.20. The molecule has 0 aliphatic carbocycles. The zero-order valence-corrected chi connectivity index (χ0v) is 10.2. The van der Waals surface area contributed by atoms with Gasteiger partial charge in [0, 0.05) is 24.3 Å². The SMILES string of the molecule is CC(C)(CC(=NO)C(=O)c1ccccc1)[N+](=O)[O-]. The molecule has 6 heteroatoms. The molecule has 0 aliphatic rings. The molecule has 1 rings (SSSR count). The van der Waals surface area contributed by atoms with Gasteiger partial charge in [-0.1, -0.05) is 35.5 Å². The van der Waals surface area contributed by atoms with E-state index in [0.29, 0.717) is 5.56 Å². The van der Waals surface area contributed by atoms with Gasteiger partial charge in [-0.25, -0.2) is 0 Å². The molecule has 0 heterocycles. The fraction of sp³-hybridized carbons (Fsp3) is 0.333. The van der Waals surface area contributed by atoms with Crippen LogP contribution in [-0.2, 0) is 0 Å². The third-order valence-electron chi connectivity index (χ3n) is 2.51. The molecule has 0 saturated heterocycles. The molecule has 18 heavy (non-hydrogen) atoms. The van der Waals surface area contributed by atoms with Crippen molar-refractivity contribution < 1.29 is 14.9 Å². The highest BCUT2D eigenvalue weighted by atomic mass is 16.6. The largest absolute Gasteiger partial charge is 0.411 e. The van der Waals surface area contributed by atoms with Crippen LogP contribution in [0.3, 0.4) is 0 Å². The van der Waals surface area contributed by atoms with E-state index >= 15 is 0 Å². The number of nitrogens with zero attached hydrogens (tertiary/aromatic N) is 2. The monoisotopic (exact) mass is 250 g/mol. The van der Waals surface area contributed by atoms with Gasteiger partial charge in [0.1, 0.15) is 5.71 Å². The Labute approximate surface area is 104 Å². The molecule has 0 spiro atoms. The summed E-state index contributed by atoms with van der Waals surface area (Å²) in [7, 11) is 0. The van der Waals surface area contributed by atoms with Crippen LogP contribution in [0.2, 0.25) is 0 Å². The van der Waals surface area contributed by atoms with Gasteiger partial charge >= 0.3 is 0 Å². The molecule has 0 saturated carbocycles. The Morgan fingerprint density at radius 3 is 2.39 bits per heavy atom. The molecule has 1 aromatic rings. The van der Waals surface area contributed by atoms with Crippen LogP contribution < -0.4 is 0 Å². The van der Waals surface area contributed by atoms with E-state index in [1.165, 1.54) is 13.8 Å². The number of Topliss-reactive ketones (excluding diaryl/α,β-unsaturated/α-hetero) is 1. The summed E-state index contributed by atoms with van der Waals surface area (Å²) in [5.74, 6) is -0.506. The number of ketones is 1. The first-order valence-electron chi connectivity index (χ1n) is 5.33. The van der Waals surface area contributed by atoms with Crippen molar-refractivity contribution in [1.29, 1.82) is 0 Å². The number of carbonyl (C=O) groups is 1. The zero-order chi connectivity index (χ0) is 13.8. The van der Waals surface area contributed by atoms with E-state index in [9.17, 15) is 14.9 Å². The third-order valence-corrected chi connectivity index (χ3v) is 2.51. The number of benzene rings is 1. The minimum Gasteiger partial charge on any atom is -0.411 e. The summed E-state index contributed by atoms with van der Waals surface area (Å²) in [5.41, 5.74) is -1.24. The molecule has 1 aromatic carbocycles. The second-order valence-electron chi connectivity index (χ2n) is 4.49. The number of nitro groups is 1. The minimum atomic E-state index is -1.36. The van der Waals surface area contributed by atoms with Gasteiger partial charge in [0.2, 0.25) is 11.3 Å². The van der Waals surface area contributed by atoms with Crippen LogP contribution >= 0.6 is 0 Å². The van der Waals surface area contributed by atoms with E-state index in [0.717, 1.165) is 0 Å². The van der Waals surface area contributed by atoms with E-state index in [2.05, 4.69) is 5.16 Å². The Morgan fingerprint density at radius 2 is 1.94 bits per heavy atom. The minimum absolute atomic E-state index is 0.220. The molecule has 0 unspecified atom stereocenters. The predicted octanol–water partition coefficient (Wildman–Crippen LogP) is 2.14. The van der Waals surface area contributed by atoms with Crippen LogP contribution in [-0.4, -0.2) is 27.2 Å². The molecule has 0 amide bonds. The molecule has 0 aromatic heterocycles. The van der Waals surface area contributed by atoms with Gasteiger partial charge in [0.15, 0.2) is 0 Å². The lowest BCUT2D eigenvalue weighted by Gasteiger charge is -2.15. The maximum Gasteiger partial charge on any atom is 0.222 e. The summed E-state index contributed by atoms with van der Waals surface area (Å²) in [5, 5.41) is 22.5. The van der Waals surface area contributed by atoms with E-state index in [4.69, 9.17) is 5.21 Å². The first-order valence-corrected chi connectivity index (χ1v) is 5.33. The van der Waals surface area contributed by atoms with E-state index in [1.54, 1.807) is 30.3 Å². The topological polar surface area (TPSA) is 92.8 Å². The van der Waals surface area contributed by atoms with Crippen molar-refractivity contribution in [3.05, 3.63) is 46.0 Å². The van der Waals surface area contributed by atoms with E-state index in [-0.39, 0.29) is 12.1 Å². The second kappa shape index (κ2) is 5.39. The molecule has 0 fully saturated rings. The fourth-order valence-corrected chi connectivity index (χ4v) is 1.39. The van der Waals surface area contributed by atoms with Gasteiger partial charge < -0.3 is 5.21 Å². The smallest absolute Gasteiger partial charge is 0.222 e. The number of carbonyl (C=O) groups excluding carboxylic acids is 1. The quantitative estimate of drug-likeness (QED) is 0.285. The Kier molecular flexibility index (Phi) is 4.14. The Hall–Kier alpha value is -2.24. The van der Waals surface area contributed by atoms with Crippen LogP contribution in [0.1, 0.15) is 30.6 Å². The van der Waals surface area contributed by atoms with Gasteiger partial charge in [0.25, 0.3) is 0 Å². The lowest BCUT2D eigenvalue weighted by molar-refractivity contribution is -0.558. The molecule has 0 radical (unpaired) electrons. The number of hydrogen-bond donors (Lipinski definition) is 1. The number of oxime groups is 1. The van der Waals surface area contributed by atoms with Gasteiger partial charge in [-0.3, -0.25) is 14.9 Å². The van der Waals surface area contributed by atoms with Crippen molar-refractivity contribution in [1.82, 2.24) is 0 Å². The maximum atomic E-state index is 12.0. The molecule has 0 bridgehead atoms. The first kappa shape index (κ1) is 13.8. The van der Waals surface area contributed by atoms with Gasteiger partial charge in [-0.15, -0.1) is 0 Å². The fourth-order valence-electron chi connectivity index (χ4n) is 1.39. The third kappa shape index (κ3) is 3.13. The summed E-state index contributed by atoms with van der Waals surface area (Å²) in [4.78, 5) is 22.2. The van der Waals surface area contributed by atoms with E-state index in [1.807, 2.05) is 0 Å². The van der Waals surface area contributed by atoms with Crippen LogP contribution in [0.25, 0.3) is 0 Å². The lowest BCUT2D eigenvalue weighted by Crippen LogP contribution is -2.36. The molecule has 0 atom stereocenters. The summed E-state index contributed by atoms with van der Waals surface area (Å²) in [6.45, 7) is 2.74. The standard InChI is InChI=1S/C12H14N2O4/c1-12(2,14(17)18)8-10(13-16)11(15)9-6-4-3-5-7-9/h3-7,16H,8H2,1-2H3. The summed E-state index contributed by atoms with van der Waals surface area (Å²) < 4.78 is 0. The highest BCUT2D eigenvalue weighted by molar-refractivity contribution is 6.46. The average Bonchev–Trinajstić information content (AvgIpc) is 2.36. The Bertz CT molecular complexity index is 480. The van der Waals surface area contributed by atoms with Crippen molar-refractivity contribution in [2.45, 2.75) is 25.8 Å². The second-order valence-corrected chi connectivity index (χ2v) is 4.49. The van der Waals surface area contributed by atoms with Crippen molar-refractivity contribution in [3.63, 3.8) is 0 Å². The normalized spacial score (nSPS) is 12.2. The van der Waals surface area contributed by atoms with Crippen molar-refractivity contribution in [3.8, 4) is 0 Å². The zero-order valence-electron chi connectivity index (χ0n) is 10.2. The van der Waals surface area contributed by atoms with Crippen LogP contribution in [0.4, 0.5) is 0 Å². The average molecular weight is 250 g/mol. The summed E-state index contributed by atoms with van der Waals surface area (Å²) >= 11 is 0. The molecular weight excluding hydrogens is 236 g/mol. The summed E-state index contributed by atoms with van der Waals surface area (Å²) in [6.07, 6.45) is -0.232. The van der Waals surface area contributed by atoms with Crippen LogP contribution in [0, 0.1) is 10.1 Å². The first-order chi connectivity index (χ1) is 8.38. The van der Waals surface area contributed by atoms with Gasteiger partial charge in [-0.2, -0.15) is 0 Å². The predicted molar refractivity (Wildman–Crippen MR) is 65.7 cm³/mol. The van der Waals surface area contributed by atoms with Crippen LogP contribution in [0.5, 0.6) is 0 Å². The molecular formula is C12H14N2O4. The molecule has 1 N–H and O–H groups in total. The van der Waals surface area contributed by atoms with Crippen molar-refractivity contribution in [2.75, 3.05) is 0 Å². The molecule has 0 aliphatic heterocycles. The Balaban J connectivity index is 2.94. The highest BCUT2D eigenvalue weighted by Gasteiger charge is 2.35. The number of hydrogen-bond acceptors (Lipinski definition) is 5. The highest BCUT2D eigenvalue weighted by Crippen LogP contribution is 2.16. The molecule has 96 valence electrons. The number of rotatable bonds is 5. The van der Waals surface area contributed by atoms with Gasteiger partial charge in [-0.05, 0) is 0 Å². The van der Waals surface area contributed by atoms with Gasteiger partial charge in [0.05, 0.1) is 6.42 Å². The Morgan fingerprint density at radius 1 is 1.39 bits per heavy atom.